The average molecular weight is 415 g/mol. The highest BCUT2D eigenvalue weighted by atomic mass is 16.5. The molecule has 0 unspecified atom stereocenters. The predicted octanol–water partition coefficient (Wildman–Crippen LogP) is 2.58. The normalized spacial score (nSPS) is 33.9. The average Bonchev–Trinajstić information content (AvgIpc) is 3.21. The molecule has 30 heavy (non-hydrogen) atoms. The summed E-state index contributed by atoms with van der Waals surface area (Å²) in [6.07, 6.45) is 8.74. The summed E-state index contributed by atoms with van der Waals surface area (Å²) >= 11 is 0. The number of hydrogen-bond acceptors (Lipinski definition) is 5. The molecule has 7 nitrogen and oxygen atoms in total. The number of hydrogen-bond donors (Lipinski definition) is 2. The number of amides is 2. The number of nitrogens with one attached hydrogen (secondary N) is 2. The molecule has 0 radical (unpaired) electrons. The molecule has 1 aromatic rings. The maximum Gasteiger partial charge on any atom is 0.271 e. The van der Waals surface area contributed by atoms with Crippen molar-refractivity contribution in [1.29, 1.82) is 0 Å². The smallest absolute Gasteiger partial charge is 0.271 e. The minimum absolute atomic E-state index is 0.0123. The molecule has 5 atom stereocenters. The topological polar surface area (TPSA) is 93.2 Å². The summed E-state index contributed by atoms with van der Waals surface area (Å²) in [6.45, 7) is 9.81. The fraction of sp³-hybridized carbons (Fsp3) is 0.739. The highest BCUT2D eigenvalue weighted by Gasteiger charge is 2.68. The van der Waals surface area contributed by atoms with E-state index in [-0.39, 0.29) is 40.7 Å². The third kappa shape index (κ3) is 3.51. The summed E-state index contributed by atoms with van der Waals surface area (Å²) in [7, 11) is 0. The van der Waals surface area contributed by atoms with Crippen LogP contribution in [0, 0.1) is 28.6 Å². The molecule has 2 heterocycles. The molecular formula is C23H34N4O3. The first-order valence-electron chi connectivity index (χ1n) is 11.2. The van der Waals surface area contributed by atoms with Crippen LogP contribution in [0.3, 0.4) is 0 Å². The lowest BCUT2D eigenvalue weighted by Gasteiger charge is -2.53. The molecule has 4 rings (SSSR count). The van der Waals surface area contributed by atoms with Gasteiger partial charge in [0.2, 0.25) is 5.91 Å². The lowest BCUT2D eigenvalue weighted by atomic mass is 9.59. The van der Waals surface area contributed by atoms with Gasteiger partial charge < -0.3 is 15.4 Å². The summed E-state index contributed by atoms with van der Waals surface area (Å²) in [5, 5.41) is 6.38. The van der Waals surface area contributed by atoms with E-state index in [1.807, 2.05) is 13.8 Å². The van der Waals surface area contributed by atoms with Crippen LogP contribution in [0.2, 0.25) is 0 Å². The first-order valence-corrected chi connectivity index (χ1v) is 11.2. The van der Waals surface area contributed by atoms with Crippen molar-refractivity contribution in [3.05, 3.63) is 24.3 Å². The first-order chi connectivity index (χ1) is 14.3. The van der Waals surface area contributed by atoms with Gasteiger partial charge in [-0.05, 0) is 48.3 Å². The first kappa shape index (κ1) is 21.2. The van der Waals surface area contributed by atoms with E-state index >= 15 is 0 Å². The van der Waals surface area contributed by atoms with Crippen molar-refractivity contribution in [3.8, 4) is 0 Å². The Morgan fingerprint density at radius 3 is 2.80 bits per heavy atom. The zero-order valence-electron chi connectivity index (χ0n) is 18.5. The summed E-state index contributed by atoms with van der Waals surface area (Å²) in [5.74, 6) is 0.952. The van der Waals surface area contributed by atoms with Crippen LogP contribution in [0.4, 0.5) is 0 Å². The Hall–Kier alpha value is -2.02. The van der Waals surface area contributed by atoms with E-state index < -0.39 is 0 Å². The molecule has 2 amide bonds. The van der Waals surface area contributed by atoms with Crippen LogP contribution in [-0.2, 0) is 9.53 Å². The molecule has 1 aliphatic heterocycles. The minimum atomic E-state index is -0.204. The Morgan fingerprint density at radius 2 is 2.10 bits per heavy atom. The van der Waals surface area contributed by atoms with Crippen LogP contribution < -0.4 is 10.6 Å². The van der Waals surface area contributed by atoms with Crippen LogP contribution in [-0.4, -0.2) is 47.1 Å². The second-order valence-corrected chi connectivity index (χ2v) is 10.2. The predicted molar refractivity (Wildman–Crippen MR) is 113 cm³/mol. The Balaban J connectivity index is 1.43. The van der Waals surface area contributed by atoms with Gasteiger partial charge in [-0.25, -0.2) is 4.98 Å². The molecule has 2 aliphatic carbocycles. The van der Waals surface area contributed by atoms with Gasteiger partial charge in [0.15, 0.2) is 0 Å². The van der Waals surface area contributed by atoms with Crippen LogP contribution in [0.15, 0.2) is 18.6 Å². The number of fused-ring (bicyclic) bond motifs is 1. The van der Waals surface area contributed by atoms with E-state index in [2.05, 4.69) is 34.4 Å². The van der Waals surface area contributed by atoms with Crippen molar-refractivity contribution < 1.29 is 14.3 Å². The zero-order valence-corrected chi connectivity index (χ0v) is 18.5. The van der Waals surface area contributed by atoms with Gasteiger partial charge in [-0.3, -0.25) is 14.6 Å². The standard InChI is InChI=1S/C23H34N4O3/c1-14(2)19(28)27-21-22(3,4)15-11-16-18(30-10-6-23(16,21)12-15)5-7-26-20(29)17-13-24-8-9-25-17/h8-9,13-16,18,21H,5-7,10-12H2,1-4H3,(H,26,29)(H,27,28)/t15-,16-,18-,21+,23-/m1/s1. The lowest BCUT2D eigenvalue weighted by molar-refractivity contribution is -0.138. The second-order valence-electron chi connectivity index (χ2n) is 10.2. The fourth-order valence-electron chi connectivity index (χ4n) is 6.34. The van der Waals surface area contributed by atoms with Gasteiger partial charge in [-0.2, -0.15) is 0 Å². The van der Waals surface area contributed by atoms with Gasteiger partial charge in [-0.15, -0.1) is 0 Å². The molecule has 1 spiro atoms. The van der Waals surface area contributed by atoms with Gasteiger partial charge in [0.1, 0.15) is 5.69 Å². The van der Waals surface area contributed by atoms with Crippen LogP contribution in [0.1, 0.15) is 63.9 Å². The third-order valence-electron chi connectivity index (χ3n) is 7.94. The number of nitrogens with zero attached hydrogens (tertiary/aromatic N) is 2. The van der Waals surface area contributed by atoms with Gasteiger partial charge >= 0.3 is 0 Å². The van der Waals surface area contributed by atoms with Gasteiger partial charge in [0.05, 0.1) is 12.3 Å². The van der Waals surface area contributed by atoms with E-state index in [9.17, 15) is 9.59 Å². The molecule has 3 fully saturated rings. The number of rotatable bonds is 6. The zero-order chi connectivity index (χ0) is 21.5. The maximum atomic E-state index is 12.6. The maximum absolute atomic E-state index is 12.6. The molecule has 164 valence electrons. The Morgan fingerprint density at radius 1 is 1.30 bits per heavy atom. The molecule has 0 aromatic carbocycles. The molecule has 2 bridgehead atoms. The molecule has 2 N–H and O–H groups in total. The minimum Gasteiger partial charge on any atom is -0.378 e. The summed E-state index contributed by atoms with van der Waals surface area (Å²) < 4.78 is 6.20. The van der Waals surface area contributed by atoms with Gasteiger partial charge in [-0.1, -0.05) is 27.7 Å². The molecule has 1 saturated heterocycles. The highest BCUT2D eigenvalue weighted by molar-refractivity contribution is 5.91. The van der Waals surface area contributed by atoms with Gasteiger partial charge in [0.25, 0.3) is 5.91 Å². The van der Waals surface area contributed by atoms with E-state index in [1.165, 1.54) is 18.8 Å². The summed E-state index contributed by atoms with van der Waals surface area (Å²) in [5.41, 5.74) is 0.538. The lowest BCUT2D eigenvalue weighted by Crippen LogP contribution is -2.60. The molecular weight excluding hydrogens is 380 g/mol. The Kier molecular flexibility index (Phi) is 5.60. The Bertz CT molecular complexity index is 797. The number of carbonyl (C=O) groups is 2. The van der Waals surface area contributed by atoms with E-state index in [0.717, 1.165) is 25.9 Å². The number of ether oxygens (including phenoxy) is 1. The highest BCUT2D eigenvalue weighted by Crippen LogP contribution is 2.68. The van der Waals surface area contributed by atoms with E-state index in [4.69, 9.17) is 4.74 Å². The number of carbonyl (C=O) groups excluding carboxylic acids is 2. The van der Waals surface area contributed by atoms with E-state index in [0.29, 0.717) is 24.1 Å². The SMILES string of the molecule is CC(C)C(=O)N[C@H]1C(C)(C)[C@@H]2C[C@@H]3[C@@H](CCNC(=O)c4cnccn4)OCC[C@@]31C2. The van der Waals surface area contributed by atoms with Crippen LogP contribution in [0.5, 0.6) is 0 Å². The summed E-state index contributed by atoms with van der Waals surface area (Å²) in [6, 6.07) is 0.184. The van der Waals surface area contributed by atoms with Crippen LogP contribution >= 0.6 is 0 Å². The van der Waals surface area contributed by atoms with Crippen molar-refractivity contribution in [2.24, 2.45) is 28.6 Å². The van der Waals surface area contributed by atoms with Crippen molar-refractivity contribution >= 4 is 11.8 Å². The van der Waals surface area contributed by atoms with E-state index in [1.54, 1.807) is 6.20 Å². The monoisotopic (exact) mass is 414 g/mol. The van der Waals surface area contributed by atoms with Crippen molar-refractivity contribution in [2.45, 2.75) is 65.5 Å². The van der Waals surface area contributed by atoms with Crippen molar-refractivity contribution in [1.82, 2.24) is 20.6 Å². The van der Waals surface area contributed by atoms with Crippen molar-refractivity contribution in [2.75, 3.05) is 13.2 Å². The van der Waals surface area contributed by atoms with Crippen molar-refractivity contribution in [3.63, 3.8) is 0 Å². The second kappa shape index (κ2) is 7.91. The van der Waals surface area contributed by atoms with Gasteiger partial charge in [0, 0.05) is 37.5 Å². The largest absolute Gasteiger partial charge is 0.378 e. The Labute approximate surface area is 178 Å². The number of aromatic nitrogens is 2. The fourth-order valence-corrected chi connectivity index (χ4v) is 6.34. The third-order valence-corrected chi connectivity index (χ3v) is 7.94. The molecule has 1 aromatic heterocycles. The molecule has 3 aliphatic rings. The molecule has 7 heteroatoms. The summed E-state index contributed by atoms with van der Waals surface area (Å²) in [4.78, 5) is 32.9. The molecule has 2 saturated carbocycles. The van der Waals surface area contributed by atoms with Crippen LogP contribution in [0.25, 0.3) is 0 Å². The quantitative estimate of drug-likeness (QED) is 0.746.